The van der Waals surface area contributed by atoms with E-state index < -0.39 is 17.8 Å². The zero-order valence-electron chi connectivity index (χ0n) is 13.4. The first-order chi connectivity index (χ1) is 12.6. The number of hydrogen-bond donors (Lipinski definition) is 2. The van der Waals surface area contributed by atoms with Crippen molar-refractivity contribution in [3.63, 3.8) is 0 Å². The highest BCUT2D eigenvalue weighted by molar-refractivity contribution is 6.03. The van der Waals surface area contributed by atoms with Gasteiger partial charge in [-0.25, -0.2) is 4.79 Å². The van der Waals surface area contributed by atoms with Gasteiger partial charge in [-0.15, -0.1) is 0 Å². The minimum Gasteiger partial charge on any atom is -0.454 e. The van der Waals surface area contributed by atoms with Crippen LogP contribution in [0.3, 0.4) is 0 Å². The number of hydrogen-bond acceptors (Lipinski definition) is 8. The van der Waals surface area contributed by atoms with Gasteiger partial charge in [0.2, 0.25) is 18.6 Å². The first kappa shape index (κ1) is 15.9. The van der Waals surface area contributed by atoms with E-state index in [1.807, 2.05) is 0 Å². The van der Waals surface area contributed by atoms with Crippen molar-refractivity contribution in [1.82, 2.24) is 25.7 Å². The lowest BCUT2D eigenvalue weighted by Crippen LogP contribution is -2.38. The van der Waals surface area contributed by atoms with E-state index >= 15 is 0 Å². The third kappa shape index (κ3) is 3.14. The van der Waals surface area contributed by atoms with Crippen LogP contribution in [0.15, 0.2) is 22.7 Å². The lowest BCUT2D eigenvalue weighted by atomic mass is 10.2. The first-order valence-electron chi connectivity index (χ1n) is 7.66. The molecule has 1 aromatic heterocycles. The van der Waals surface area contributed by atoms with E-state index in [1.165, 1.54) is 0 Å². The highest BCUT2D eigenvalue weighted by atomic mass is 16.7. The van der Waals surface area contributed by atoms with Crippen LogP contribution in [0.5, 0.6) is 11.5 Å². The van der Waals surface area contributed by atoms with Crippen LogP contribution in [-0.4, -0.2) is 52.8 Å². The molecule has 11 heteroatoms. The minimum atomic E-state index is -0.588. The summed E-state index contributed by atoms with van der Waals surface area (Å²) in [4.78, 5) is 39.6. The third-order valence-electron chi connectivity index (χ3n) is 3.73. The molecule has 2 aliphatic rings. The Morgan fingerprint density at radius 1 is 1.27 bits per heavy atom. The van der Waals surface area contributed by atoms with Gasteiger partial charge in [0.05, 0.1) is 6.54 Å². The van der Waals surface area contributed by atoms with Gasteiger partial charge in [0.15, 0.2) is 17.3 Å². The summed E-state index contributed by atoms with van der Waals surface area (Å²) in [6, 6.07) is 4.63. The van der Waals surface area contributed by atoms with Crippen molar-refractivity contribution in [2.75, 3.05) is 19.9 Å². The molecule has 0 bridgehead atoms. The average molecular weight is 359 g/mol. The van der Waals surface area contributed by atoms with Gasteiger partial charge in [-0.2, -0.15) is 4.98 Å². The molecule has 1 aromatic carbocycles. The Bertz CT molecular complexity index is 894. The molecule has 11 nitrogen and oxygen atoms in total. The number of aromatic nitrogens is 2. The van der Waals surface area contributed by atoms with Gasteiger partial charge >= 0.3 is 6.03 Å². The highest BCUT2D eigenvalue weighted by Crippen LogP contribution is 2.35. The second-order valence-electron chi connectivity index (χ2n) is 5.57. The lowest BCUT2D eigenvalue weighted by Gasteiger charge is -2.11. The molecular weight excluding hydrogens is 346 g/mol. The van der Waals surface area contributed by atoms with Crippen molar-refractivity contribution in [2.45, 2.75) is 6.54 Å². The van der Waals surface area contributed by atoms with Crippen LogP contribution < -0.4 is 20.1 Å². The summed E-state index contributed by atoms with van der Waals surface area (Å²) in [6.45, 7) is -0.177. The number of carbonyl (C=O) groups excluding carboxylic acids is 3. The van der Waals surface area contributed by atoms with Crippen molar-refractivity contribution in [1.29, 1.82) is 0 Å². The SMILES string of the molecule is O=C(CN1CC(=O)NC1=O)NCc1noc(-c2ccc3c(c2)OCO3)n1. The van der Waals surface area contributed by atoms with Gasteiger partial charge in [-0.3, -0.25) is 14.9 Å². The third-order valence-corrected chi connectivity index (χ3v) is 3.73. The van der Waals surface area contributed by atoms with Gasteiger partial charge < -0.3 is 24.2 Å². The highest BCUT2D eigenvalue weighted by Gasteiger charge is 2.28. The molecule has 4 amide bonds. The van der Waals surface area contributed by atoms with Gasteiger partial charge in [-0.1, -0.05) is 5.16 Å². The van der Waals surface area contributed by atoms with Gasteiger partial charge in [-0.05, 0) is 18.2 Å². The van der Waals surface area contributed by atoms with E-state index in [4.69, 9.17) is 14.0 Å². The Morgan fingerprint density at radius 3 is 2.92 bits per heavy atom. The maximum Gasteiger partial charge on any atom is 0.325 e. The number of rotatable bonds is 5. The minimum absolute atomic E-state index is 0.0241. The second-order valence-corrected chi connectivity index (χ2v) is 5.57. The Balaban J connectivity index is 1.34. The van der Waals surface area contributed by atoms with Crippen molar-refractivity contribution < 1.29 is 28.4 Å². The Morgan fingerprint density at radius 2 is 2.12 bits per heavy atom. The van der Waals surface area contributed by atoms with Crippen LogP contribution in [0.2, 0.25) is 0 Å². The van der Waals surface area contributed by atoms with Crippen LogP contribution in [0.1, 0.15) is 5.82 Å². The molecule has 2 aliphatic heterocycles. The zero-order valence-corrected chi connectivity index (χ0v) is 13.4. The first-order valence-corrected chi connectivity index (χ1v) is 7.66. The number of imide groups is 1. The maximum absolute atomic E-state index is 11.9. The zero-order chi connectivity index (χ0) is 18.1. The van der Waals surface area contributed by atoms with E-state index in [0.717, 1.165) is 4.90 Å². The monoisotopic (exact) mass is 359 g/mol. The smallest absolute Gasteiger partial charge is 0.325 e. The second kappa shape index (κ2) is 6.35. The van der Waals surface area contributed by atoms with Gasteiger partial charge in [0.1, 0.15) is 13.1 Å². The van der Waals surface area contributed by atoms with Crippen LogP contribution >= 0.6 is 0 Å². The molecule has 4 rings (SSSR count). The summed E-state index contributed by atoms with van der Waals surface area (Å²) >= 11 is 0. The number of urea groups is 1. The molecule has 26 heavy (non-hydrogen) atoms. The Hall–Kier alpha value is -3.63. The van der Waals surface area contributed by atoms with Crippen LogP contribution in [0, 0.1) is 0 Å². The molecule has 0 atom stereocenters. The predicted molar refractivity (Wildman–Crippen MR) is 82.8 cm³/mol. The van der Waals surface area contributed by atoms with Crippen LogP contribution in [-0.2, 0) is 16.1 Å². The predicted octanol–water partition coefficient (Wildman–Crippen LogP) is -0.367. The molecule has 2 N–H and O–H groups in total. The molecular formula is C15H13N5O6. The number of ether oxygens (including phenoxy) is 2. The van der Waals surface area contributed by atoms with Crippen molar-refractivity contribution >= 4 is 17.8 Å². The molecule has 2 aromatic rings. The van der Waals surface area contributed by atoms with Crippen molar-refractivity contribution in [3.05, 3.63) is 24.0 Å². The van der Waals surface area contributed by atoms with E-state index in [2.05, 4.69) is 20.8 Å². The van der Waals surface area contributed by atoms with Crippen LogP contribution in [0.25, 0.3) is 11.5 Å². The molecule has 1 fully saturated rings. The Labute approximate surface area is 146 Å². The molecule has 0 unspecified atom stereocenters. The van der Waals surface area contributed by atoms with E-state index in [1.54, 1.807) is 18.2 Å². The lowest BCUT2D eigenvalue weighted by molar-refractivity contribution is -0.122. The van der Waals surface area contributed by atoms with Gasteiger partial charge in [0, 0.05) is 5.56 Å². The molecule has 0 aliphatic carbocycles. The quantitative estimate of drug-likeness (QED) is 0.691. The van der Waals surface area contributed by atoms with Crippen molar-refractivity contribution in [3.8, 4) is 23.0 Å². The number of nitrogens with zero attached hydrogens (tertiary/aromatic N) is 3. The molecule has 0 saturated carbocycles. The number of carbonyl (C=O) groups is 3. The summed E-state index contributed by atoms with van der Waals surface area (Å²) in [6.07, 6.45) is 0. The van der Waals surface area contributed by atoms with Gasteiger partial charge in [0.25, 0.3) is 5.89 Å². The number of amides is 4. The fourth-order valence-corrected chi connectivity index (χ4v) is 2.49. The number of nitrogens with one attached hydrogen (secondary N) is 2. The van der Waals surface area contributed by atoms with Crippen LogP contribution in [0.4, 0.5) is 4.79 Å². The summed E-state index contributed by atoms with van der Waals surface area (Å²) in [5, 5.41) is 8.46. The fraction of sp³-hybridized carbons (Fsp3) is 0.267. The standard InChI is InChI=1S/C15H13N5O6/c21-12(5-20-6-13(22)18-15(20)23)16-4-11-17-14(26-19-11)8-1-2-9-10(3-8)25-7-24-9/h1-3H,4-7H2,(H,16,21)(H,18,22,23). The number of benzene rings is 1. The molecule has 0 spiro atoms. The molecule has 0 radical (unpaired) electrons. The normalized spacial score (nSPS) is 15.3. The Kier molecular flexibility index (Phi) is 3.88. The summed E-state index contributed by atoms with van der Waals surface area (Å²) in [5.74, 6) is 0.905. The summed E-state index contributed by atoms with van der Waals surface area (Å²) < 4.78 is 15.7. The molecule has 134 valence electrons. The number of fused-ring (bicyclic) bond motifs is 1. The topological polar surface area (TPSA) is 136 Å². The largest absolute Gasteiger partial charge is 0.454 e. The summed E-state index contributed by atoms with van der Waals surface area (Å²) in [7, 11) is 0. The fourth-order valence-electron chi connectivity index (χ4n) is 2.49. The molecule has 1 saturated heterocycles. The van der Waals surface area contributed by atoms with Crippen molar-refractivity contribution in [2.24, 2.45) is 0 Å². The average Bonchev–Trinajstić information content (AvgIpc) is 3.33. The van der Waals surface area contributed by atoms with E-state index in [0.29, 0.717) is 17.1 Å². The summed E-state index contributed by atoms with van der Waals surface area (Å²) in [5.41, 5.74) is 0.659. The van der Waals surface area contributed by atoms with E-state index in [9.17, 15) is 14.4 Å². The van der Waals surface area contributed by atoms with E-state index in [-0.39, 0.29) is 38.1 Å². The molecule has 3 heterocycles. The maximum atomic E-state index is 11.9.